The van der Waals surface area contributed by atoms with Crippen LogP contribution in [0, 0.1) is 6.92 Å². The molecule has 0 radical (unpaired) electrons. The van der Waals surface area contributed by atoms with Crippen LogP contribution in [0.1, 0.15) is 48.0 Å². The molecule has 4 heteroatoms. The second-order valence-electron chi connectivity index (χ2n) is 5.54. The third-order valence-electron chi connectivity index (χ3n) is 4.28. The van der Waals surface area contributed by atoms with Gasteiger partial charge in [0.15, 0.2) is 0 Å². The lowest BCUT2D eigenvalue weighted by Crippen LogP contribution is -2.41. The van der Waals surface area contributed by atoms with E-state index in [1.54, 1.807) is 0 Å². The highest BCUT2D eigenvalue weighted by Crippen LogP contribution is 2.38. The van der Waals surface area contributed by atoms with Crippen molar-refractivity contribution >= 4 is 33.6 Å². The molecule has 1 fully saturated rings. The van der Waals surface area contributed by atoms with Crippen LogP contribution in [-0.2, 0) is 0 Å². The van der Waals surface area contributed by atoms with Gasteiger partial charge in [-0.1, -0.05) is 41.3 Å². The van der Waals surface area contributed by atoms with Crippen molar-refractivity contribution in [3.05, 3.63) is 33.8 Å². The van der Waals surface area contributed by atoms with Crippen molar-refractivity contribution in [3.8, 4) is 0 Å². The van der Waals surface area contributed by atoms with E-state index in [1.807, 2.05) is 36.9 Å². The Bertz CT molecular complexity index is 483. The average molecular weight is 356 g/mol. The van der Waals surface area contributed by atoms with E-state index in [1.165, 1.54) is 32.1 Å². The van der Waals surface area contributed by atoms with Crippen molar-refractivity contribution in [1.29, 1.82) is 0 Å². The lowest BCUT2D eigenvalue weighted by molar-refractivity contribution is 0.0946. The summed E-state index contributed by atoms with van der Waals surface area (Å²) >= 11 is 5.40. The van der Waals surface area contributed by atoms with Gasteiger partial charge in [-0.05, 0) is 43.7 Å². The van der Waals surface area contributed by atoms with Gasteiger partial charge in [0.05, 0.1) is 0 Å². The van der Waals surface area contributed by atoms with Crippen molar-refractivity contribution in [2.75, 3.05) is 12.8 Å². The number of benzene rings is 1. The fourth-order valence-electron chi connectivity index (χ4n) is 2.84. The molecule has 1 saturated carbocycles. The van der Waals surface area contributed by atoms with Gasteiger partial charge in [-0.25, -0.2) is 0 Å². The molecule has 0 bridgehead atoms. The molecular formula is C16H22BrNOS. The second kappa shape index (κ2) is 6.99. The van der Waals surface area contributed by atoms with Crippen LogP contribution in [0.15, 0.2) is 22.7 Å². The van der Waals surface area contributed by atoms with Gasteiger partial charge in [0.1, 0.15) is 0 Å². The maximum Gasteiger partial charge on any atom is 0.251 e. The molecule has 0 spiro atoms. The summed E-state index contributed by atoms with van der Waals surface area (Å²) in [7, 11) is 0. The predicted molar refractivity (Wildman–Crippen MR) is 90.5 cm³/mol. The topological polar surface area (TPSA) is 29.1 Å². The minimum absolute atomic E-state index is 0.0443. The van der Waals surface area contributed by atoms with Crippen LogP contribution in [0.2, 0.25) is 0 Å². The number of hydrogen-bond acceptors (Lipinski definition) is 2. The third-order valence-corrected chi connectivity index (χ3v) is 6.56. The largest absolute Gasteiger partial charge is 0.351 e. The fraction of sp³-hybridized carbons (Fsp3) is 0.562. The third kappa shape index (κ3) is 3.59. The molecule has 2 nitrogen and oxygen atoms in total. The molecule has 0 saturated heterocycles. The average Bonchev–Trinajstić information content (AvgIpc) is 2.48. The zero-order chi connectivity index (χ0) is 14.6. The molecule has 0 aromatic heterocycles. The first-order valence-corrected chi connectivity index (χ1v) is 9.18. The highest BCUT2D eigenvalue weighted by atomic mass is 79.9. The molecule has 1 aromatic carbocycles. The Morgan fingerprint density at radius 2 is 2.05 bits per heavy atom. The van der Waals surface area contributed by atoms with Crippen LogP contribution in [0.5, 0.6) is 0 Å². The Balaban J connectivity index is 2.02. The van der Waals surface area contributed by atoms with E-state index in [9.17, 15) is 4.79 Å². The molecule has 2 rings (SSSR count). The Labute approximate surface area is 134 Å². The van der Waals surface area contributed by atoms with Gasteiger partial charge in [-0.15, -0.1) is 0 Å². The monoisotopic (exact) mass is 355 g/mol. The predicted octanol–water partition coefficient (Wildman–Crippen LogP) is 4.55. The van der Waals surface area contributed by atoms with Crippen molar-refractivity contribution in [3.63, 3.8) is 0 Å². The Morgan fingerprint density at radius 3 is 2.70 bits per heavy atom. The lowest BCUT2D eigenvalue weighted by Gasteiger charge is -2.35. The van der Waals surface area contributed by atoms with E-state index in [0.29, 0.717) is 0 Å². The van der Waals surface area contributed by atoms with Crippen molar-refractivity contribution in [1.82, 2.24) is 5.32 Å². The molecular weight excluding hydrogens is 334 g/mol. The summed E-state index contributed by atoms with van der Waals surface area (Å²) in [6.45, 7) is 2.75. The summed E-state index contributed by atoms with van der Waals surface area (Å²) in [5.41, 5.74) is 1.78. The molecule has 1 N–H and O–H groups in total. The molecule has 1 aromatic rings. The highest BCUT2D eigenvalue weighted by Gasteiger charge is 2.31. The summed E-state index contributed by atoms with van der Waals surface area (Å²) < 4.78 is 1.23. The van der Waals surface area contributed by atoms with Gasteiger partial charge >= 0.3 is 0 Å². The number of nitrogens with one attached hydrogen (secondary N) is 1. The molecule has 110 valence electrons. The molecule has 0 aliphatic heterocycles. The summed E-state index contributed by atoms with van der Waals surface area (Å²) in [6.07, 6.45) is 8.50. The van der Waals surface area contributed by atoms with Gasteiger partial charge in [-0.3, -0.25) is 4.79 Å². The van der Waals surface area contributed by atoms with Crippen LogP contribution in [-0.4, -0.2) is 23.5 Å². The Hall–Kier alpha value is -0.480. The van der Waals surface area contributed by atoms with E-state index >= 15 is 0 Å². The van der Waals surface area contributed by atoms with Crippen molar-refractivity contribution < 1.29 is 4.79 Å². The van der Waals surface area contributed by atoms with E-state index in [4.69, 9.17) is 0 Å². The molecule has 1 amide bonds. The second-order valence-corrected chi connectivity index (χ2v) is 7.67. The first kappa shape index (κ1) is 15.9. The number of rotatable bonds is 4. The lowest BCUT2D eigenvalue weighted by atomic mass is 9.88. The van der Waals surface area contributed by atoms with Crippen LogP contribution in [0.25, 0.3) is 0 Å². The van der Waals surface area contributed by atoms with Crippen LogP contribution in [0.3, 0.4) is 0 Å². The number of carbonyl (C=O) groups is 1. The molecule has 0 atom stereocenters. The molecule has 1 aliphatic rings. The zero-order valence-corrected chi connectivity index (χ0v) is 14.6. The summed E-state index contributed by atoms with van der Waals surface area (Å²) in [5.74, 6) is 0.0443. The quantitative estimate of drug-likeness (QED) is 0.857. The first-order chi connectivity index (χ1) is 9.58. The van der Waals surface area contributed by atoms with Crippen molar-refractivity contribution in [2.45, 2.75) is 43.8 Å². The number of amides is 1. The fourth-order valence-corrected chi connectivity index (χ4v) is 4.12. The standard InChI is InChI=1S/C16H22BrNOS/c1-12-13(7-6-8-14(12)17)15(19)18-11-16(20-2)9-4-3-5-10-16/h6-8H,3-5,9-11H2,1-2H3,(H,18,19). The van der Waals surface area contributed by atoms with Gasteiger partial charge in [0.2, 0.25) is 0 Å². The molecule has 0 heterocycles. The van der Waals surface area contributed by atoms with Gasteiger partial charge in [0, 0.05) is 21.3 Å². The van der Waals surface area contributed by atoms with E-state index in [0.717, 1.165) is 22.1 Å². The van der Waals surface area contributed by atoms with E-state index in [2.05, 4.69) is 27.5 Å². The maximum atomic E-state index is 12.4. The van der Waals surface area contributed by atoms with E-state index < -0.39 is 0 Å². The van der Waals surface area contributed by atoms with Crippen molar-refractivity contribution in [2.24, 2.45) is 0 Å². The van der Waals surface area contributed by atoms with Gasteiger partial charge < -0.3 is 5.32 Å². The first-order valence-electron chi connectivity index (χ1n) is 7.16. The van der Waals surface area contributed by atoms with E-state index in [-0.39, 0.29) is 10.7 Å². The van der Waals surface area contributed by atoms with Crippen LogP contribution >= 0.6 is 27.7 Å². The minimum atomic E-state index is 0.0443. The number of thioether (sulfide) groups is 1. The molecule has 20 heavy (non-hydrogen) atoms. The minimum Gasteiger partial charge on any atom is -0.351 e. The Morgan fingerprint density at radius 1 is 1.35 bits per heavy atom. The molecule has 0 unspecified atom stereocenters. The van der Waals surface area contributed by atoms with Crippen LogP contribution in [0.4, 0.5) is 0 Å². The summed E-state index contributed by atoms with van der Waals surface area (Å²) in [5, 5.41) is 3.15. The molecule has 1 aliphatic carbocycles. The number of carbonyl (C=O) groups excluding carboxylic acids is 1. The normalized spacial score (nSPS) is 17.8. The smallest absolute Gasteiger partial charge is 0.251 e. The number of hydrogen-bond donors (Lipinski definition) is 1. The SMILES string of the molecule is CSC1(CNC(=O)c2cccc(Br)c2C)CCCCC1. The highest BCUT2D eigenvalue weighted by molar-refractivity contribution is 9.10. The zero-order valence-electron chi connectivity index (χ0n) is 12.2. The van der Waals surface area contributed by atoms with Gasteiger partial charge in [-0.2, -0.15) is 11.8 Å². The Kier molecular flexibility index (Phi) is 5.56. The summed E-state index contributed by atoms with van der Waals surface area (Å²) in [6, 6.07) is 5.77. The summed E-state index contributed by atoms with van der Waals surface area (Å²) in [4.78, 5) is 12.4. The van der Waals surface area contributed by atoms with Gasteiger partial charge in [0.25, 0.3) is 5.91 Å². The number of halogens is 1. The van der Waals surface area contributed by atoms with Crippen LogP contribution < -0.4 is 5.32 Å². The maximum absolute atomic E-state index is 12.4.